The van der Waals surface area contributed by atoms with E-state index in [9.17, 15) is 0 Å². The second-order valence-electron chi connectivity index (χ2n) is 2.62. The molecule has 1 N–H and O–H groups in total. The monoisotopic (exact) mass is 191 g/mol. The third-order valence-electron chi connectivity index (χ3n) is 1.57. The SMILES string of the molecule is CNCCC#Cc1ccc(OC)nn1. The van der Waals surface area contributed by atoms with Crippen LogP contribution in [0.15, 0.2) is 12.1 Å². The van der Waals surface area contributed by atoms with Crippen molar-refractivity contribution in [3.05, 3.63) is 17.8 Å². The molecular weight excluding hydrogens is 178 g/mol. The maximum absolute atomic E-state index is 4.88. The van der Waals surface area contributed by atoms with E-state index in [2.05, 4.69) is 27.4 Å². The van der Waals surface area contributed by atoms with E-state index in [4.69, 9.17) is 4.74 Å². The van der Waals surface area contributed by atoms with E-state index in [-0.39, 0.29) is 0 Å². The van der Waals surface area contributed by atoms with Gasteiger partial charge < -0.3 is 10.1 Å². The van der Waals surface area contributed by atoms with Crippen LogP contribution in [0, 0.1) is 11.8 Å². The van der Waals surface area contributed by atoms with E-state index >= 15 is 0 Å². The minimum atomic E-state index is 0.505. The Bertz CT molecular complexity index is 323. The zero-order valence-electron chi connectivity index (χ0n) is 8.37. The van der Waals surface area contributed by atoms with E-state index in [1.807, 2.05) is 7.05 Å². The highest BCUT2D eigenvalue weighted by atomic mass is 16.5. The number of nitrogens with one attached hydrogen (secondary N) is 1. The Kier molecular flexibility index (Phi) is 4.45. The van der Waals surface area contributed by atoms with Gasteiger partial charge in [-0.2, -0.15) is 0 Å². The molecule has 0 aromatic carbocycles. The lowest BCUT2D eigenvalue weighted by Crippen LogP contribution is -2.05. The molecule has 0 radical (unpaired) electrons. The second-order valence-corrected chi connectivity index (χ2v) is 2.62. The van der Waals surface area contributed by atoms with Crippen molar-refractivity contribution in [1.82, 2.24) is 15.5 Å². The van der Waals surface area contributed by atoms with Crippen LogP contribution in [0.2, 0.25) is 0 Å². The first-order valence-corrected chi connectivity index (χ1v) is 4.38. The molecule has 0 atom stereocenters. The van der Waals surface area contributed by atoms with E-state index in [0.29, 0.717) is 11.6 Å². The van der Waals surface area contributed by atoms with Crippen molar-refractivity contribution < 1.29 is 4.74 Å². The molecule has 4 heteroatoms. The van der Waals surface area contributed by atoms with Crippen molar-refractivity contribution in [2.75, 3.05) is 20.7 Å². The fourth-order valence-corrected chi connectivity index (χ4v) is 0.836. The average Bonchev–Trinajstić information content (AvgIpc) is 2.25. The number of rotatable bonds is 3. The van der Waals surface area contributed by atoms with Crippen LogP contribution < -0.4 is 10.1 Å². The molecule has 1 aromatic rings. The standard InChI is InChI=1S/C10H13N3O/c1-11-8-4-3-5-9-6-7-10(14-2)13-12-9/h6-7,11H,4,8H2,1-2H3. The zero-order valence-corrected chi connectivity index (χ0v) is 8.37. The van der Waals surface area contributed by atoms with Crippen molar-refractivity contribution in [2.45, 2.75) is 6.42 Å². The third kappa shape index (κ3) is 3.42. The zero-order chi connectivity index (χ0) is 10.2. The molecule has 74 valence electrons. The summed E-state index contributed by atoms with van der Waals surface area (Å²) in [6.45, 7) is 0.885. The van der Waals surface area contributed by atoms with Gasteiger partial charge in [0.05, 0.1) is 7.11 Å². The van der Waals surface area contributed by atoms with Gasteiger partial charge in [0.1, 0.15) is 5.69 Å². The van der Waals surface area contributed by atoms with E-state index < -0.39 is 0 Å². The summed E-state index contributed by atoms with van der Waals surface area (Å²) in [5.41, 5.74) is 0.668. The van der Waals surface area contributed by atoms with Crippen LogP contribution in [0.5, 0.6) is 5.88 Å². The molecule has 0 saturated heterocycles. The van der Waals surface area contributed by atoms with Gasteiger partial charge in [-0.25, -0.2) is 0 Å². The Balaban J connectivity index is 2.53. The molecule has 4 nitrogen and oxygen atoms in total. The number of hydrogen-bond donors (Lipinski definition) is 1. The largest absolute Gasteiger partial charge is 0.480 e. The van der Waals surface area contributed by atoms with E-state index in [1.54, 1.807) is 19.2 Å². The van der Waals surface area contributed by atoms with Gasteiger partial charge in [0.25, 0.3) is 0 Å². The Morgan fingerprint density at radius 1 is 1.43 bits per heavy atom. The Morgan fingerprint density at radius 3 is 2.86 bits per heavy atom. The predicted octanol–water partition coefficient (Wildman–Crippen LogP) is 0.446. The summed E-state index contributed by atoms with van der Waals surface area (Å²) in [5.74, 6) is 6.40. The molecule has 1 rings (SSSR count). The summed E-state index contributed by atoms with van der Waals surface area (Å²) in [4.78, 5) is 0. The van der Waals surface area contributed by atoms with Gasteiger partial charge in [0.15, 0.2) is 0 Å². The van der Waals surface area contributed by atoms with E-state index in [1.165, 1.54) is 0 Å². The fraction of sp³-hybridized carbons (Fsp3) is 0.400. The Hall–Kier alpha value is -1.60. The quantitative estimate of drug-likeness (QED) is 0.556. The molecule has 0 bridgehead atoms. The lowest BCUT2D eigenvalue weighted by atomic mass is 10.3. The van der Waals surface area contributed by atoms with Gasteiger partial charge in [-0.1, -0.05) is 5.92 Å². The molecule has 0 aliphatic carbocycles. The first kappa shape index (κ1) is 10.5. The van der Waals surface area contributed by atoms with Gasteiger partial charge in [0, 0.05) is 19.0 Å². The number of ether oxygens (including phenoxy) is 1. The predicted molar refractivity (Wildman–Crippen MR) is 54.0 cm³/mol. The molecule has 14 heavy (non-hydrogen) atoms. The summed E-state index contributed by atoms with van der Waals surface area (Å²) >= 11 is 0. The van der Waals surface area contributed by atoms with Gasteiger partial charge in [-0.15, -0.1) is 10.2 Å². The van der Waals surface area contributed by atoms with Crippen LogP contribution in [0.25, 0.3) is 0 Å². The highest BCUT2D eigenvalue weighted by molar-refractivity contribution is 5.27. The molecule has 1 heterocycles. The highest BCUT2D eigenvalue weighted by Crippen LogP contribution is 2.01. The minimum absolute atomic E-state index is 0.505. The smallest absolute Gasteiger partial charge is 0.233 e. The van der Waals surface area contributed by atoms with Crippen molar-refractivity contribution in [3.8, 4) is 17.7 Å². The summed E-state index contributed by atoms with van der Waals surface area (Å²) in [7, 11) is 3.46. The van der Waals surface area contributed by atoms with Crippen molar-refractivity contribution in [3.63, 3.8) is 0 Å². The lowest BCUT2D eigenvalue weighted by Gasteiger charge is -1.94. The minimum Gasteiger partial charge on any atom is -0.480 e. The van der Waals surface area contributed by atoms with Crippen LogP contribution in [-0.4, -0.2) is 30.9 Å². The van der Waals surface area contributed by atoms with Crippen LogP contribution in [-0.2, 0) is 0 Å². The number of nitrogens with zero attached hydrogens (tertiary/aromatic N) is 2. The molecule has 0 spiro atoms. The molecular formula is C10H13N3O. The Labute approximate surface area is 83.7 Å². The normalized spacial score (nSPS) is 9.00. The van der Waals surface area contributed by atoms with Crippen LogP contribution in [0.1, 0.15) is 12.1 Å². The van der Waals surface area contributed by atoms with Gasteiger partial charge in [-0.05, 0) is 19.0 Å². The van der Waals surface area contributed by atoms with Crippen LogP contribution >= 0.6 is 0 Å². The lowest BCUT2D eigenvalue weighted by molar-refractivity contribution is 0.391. The molecule has 1 aromatic heterocycles. The first-order valence-electron chi connectivity index (χ1n) is 4.38. The number of hydrogen-bond acceptors (Lipinski definition) is 4. The summed E-state index contributed by atoms with van der Waals surface area (Å²) in [6.07, 6.45) is 0.810. The van der Waals surface area contributed by atoms with Crippen molar-refractivity contribution in [1.29, 1.82) is 0 Å². The van der Waals surface area contributed by atoms with Gasteiger partial charge >= 0.3 is 0 Å². The average molecular weight is 191 g/mol. The third-order valence-corrected chi connectivity index (χ3v) is 1.57. The fourth-order valence-electron chi connectivity index (χ4n) is 0.836. The maximum Gasteiger partial charge on any atom is 0.233 e. The summed E-state index contributed by atoms with van der Waals surface area (Å²) in [5, 5.41) is 10.7. The summed E-state index contributed by atoms with van der Waals surface area (Å²) in [6, 6.07) is 3.54. The molecule has 0 fully saturated rings. The van der Waals surface area contributed by atoms with Gasteiger partial charge in [-0.3, -0.25) is 0 Å². The van der Waals surface area contributed by atoms with Gasteiger partial charge in [0.2, 0.25) is 5.88 Å². The molecule has 0 unspecified atom stereocenters. The molecule has 0 aliphatic heterocycles. The highest BCUT2D eigenvalue weighted by Gasteiger charge is 1.92. The molecule has 0 saturated carbocycles. The van der Waals surface area contributed by atoms with Crippen LogP contribution in [0.3, 0.4) is 0 Å². The second kappa shape index (κ2) is 5.95. The molecule has 0 amide bonds. The maximum atomic E-state index is 4.88. The van der Waals surface area contributed by atoms with Crippen molar-refractivity contribution in [2.24, 2.45) is 0 Å². The molecule has 0 aliphatic rings. The Morgan fingerprint density at radius 2 is 2.29 bits per heavy atom. The number of aromatic nitrogens is 2. The topological polar surface area (TPSA) is 47.0 Å². The summed E-state index contributed by atoms with van der Waals surface area (Å²) < 4.78 is 4.88. The van der Waals surface area contributed by atoms with Crippen molar-refractivity contribution >= 4 is 0 Å². The van der Waals surface area contributed by atoms with E-state index in [0.717, 1.165) is 13.0 Å². The van der Waals surface area contributed by atoms with Crippen LogP contribution in [0.4, 0.5) is 0 Å². The first-order chi connectivity index (χ1) is 6.86. The number of methoxy groups -OCH3 is 1.